The van der Waals surface area contributed by atoms with Gasteiger partial charge in [-0.05, 0) is 24.4 Å². The average molecular weight is 249 g/mol. The second-order valence-corrected chi connectivity index (χ2v) is 4.43. The lowest BCUT2D eigenvalue weighted by Crippen LogP contribution is -2.30. The van der Waals surface area contributed by atoms with Gasteiger partial charge in [0.2, 0.25) is 0 Å². The predicted octanol–water partition coefficient (Wildman–Crippen LogP) is 1.59. The fourth-order valence-electron chi connectivity index (χ4n) is 1.93. The Balaban J connectivity index is 2.39. The molecule has 1 atom stereocenters. The molecule has 0 bridgehead atoms. The van der Waals surface area contributed by atoms with Crippen LogP contribution in [0.1, 0.15) is 12.5 Å². The zero-order valence-electron chi connectivity index (χ0n) is 9.88. The van der Waals surface area contributed by atoms with Gasteiger partial charge >= 0.3 is 0 Å². The van der Waals surface area contributed by atoms with Crippen LogP contribution in [-0.4, -0.2) is 29.5 Å². The molecule has 17 heavy (non-hydrogen) atoms. The number of nitrogens with two attached hydrogens (primary N) is 1. The SMILES string of the molecule is COc1ccccc1C1=NN(C(N)=S)CC1C. The molecule has 0 spiro atoms. The molecule has 1 unspecified atom stereocenters. The molecule has 1 aliphatic heterocycles. The number of hydrogen-bond acceptors (Lipinski definition) is 3. The summed E-state index contributed by atoms with van der Waals surface area (Å²) >= 11 is 4.94. The number of nitrogens with zero attached hydrogens (tertiary/aromatic N) is 2. The first-order valence-electron chi connectivity index (χ1n) is 5.42. The second-order valence-electron chi connectivity index (χ2n) is 4.01. The number of rotatable bonds is 2. The molecule has 1 aromatic rings. The van der Waals surface area contributed by atoms with Crippen molar-refractivity contribution < 1.29 is 4.74 Å². The van der Waals surface area contributed by atoms with E-state index in [-0.39, 0.29) is 5.92 Å². The normalized spacial score (nSPS) is 19.1. The van der Waals surface area contributed by atoms with E-state index in [0.717, 1.165) is 23.6 Å². The molecule has 4 nitrogen and oxygen atoms in total. The monoisotopic (exact) mass is 249 g/mol. The van der Waals surface area contributed by atoms with Gasteiger partial charge in [0.05, 0.1) is 19.4 Å². The molecule has 1 heterocycles. The van der Waals surface area contributed by atoms with E-state index in [2.05, 4.69) is 12.0 Å². The van der Waals surface area contributed by atoms with E-state index in [4.69, 9.17) is 22.7 Å². The minimum absolute atomic E-state index is 0.285. The van der Waals surface area contributed by atoms with Gasteiger partial charge in [0.1, 0.15) is 5.75 Å². The molecule has 0 radical (unpaired) electrons. The number of methoxy groups -OCH3 is 1. The highest BCUT2D eigenvalue weighted by molar-refractivity contribution is 7.80. The van der Waals surface area contributed by atoms with E-state index in [1.54, 1.807) is 12.1 Å². The largest absolute Gasteiger partial charge is 0.496 e. The van der Waals surface area contributed by atoms with Crippen molar-refractivity contribution in [3.05, 3.63) is 29.8 Å². The highest BCUT2D eigenvalue weighted by Gasteiger charge is 2.26. The Bertz CT molecular complexity index is 473. The number of benzene rings is 1. The molecule has 5 heteroatoms. The zero-order valence-corrected chi connectivity index (χ0v) is 10.7. The van der Waals surface area contributed by atoms with Crippen molar-refractivity contribution in [2.24, 2.45) is 16.8 Å². The Labute approximate surface area is 106 Å². The molecule has 90 valence electrons. The van der Waals surface area contributed by atoms with E-state index in [0.29, 0.717) is 5.11 Å². The fourth-order valence-corrected chi connectivity index (χ4v) is 2.05. The first-order chi connectivity index (χ1) is 8.13. The van der Waals surface area contributed by atoms with Crippen molar-refractivity contribution in [3.8, 4) is 5.75 Å². The molecular formula is C12H15N3OS. The average Bonchev–Trinajstić information content (AvgIpc) is 2.71. The smallest absolute Gasteiger partial charge is 0.186 e. The van der Waals surface area contributed by atoms with Crippen LogP contribution >= 0.6 is 12.2 Å². The van der Waals surface area contributed by atoms with Crippen LogP contribution in [0.4, 0.5) is 0 Å². The summed E-state index contributed by atoms with van der Waals surface area (Å²) in [7, 11) is 1.66. The summed E-state index contributed by atoms with van der Waals surface area (Å²) in [5.41, 5.74) is 7.56. The molecule has 0 saturated heterocycles. The molecule has 0 fully saturated rings. The standard InChI is InChI=1S/C12H15N3OS/c1-8-7-15(12(13)17)14-11(8)9-5-3-4-6-10(9)16-2/h3-6,8H,7H2,1-2H3,(H2,13,17). The Morgan fingerprint density at radius 3 is 2.82 bits per heavy atom. The number of ether oxygens (including phenoxy) is 1. The number of thiocarbonyl (C=S) groups is 1. The minimum atomic E-state index is 0.285. The van der Waals surface area contributed by atoms with Crippen LogP contribution in [0.2, 0.25) is 0 Å². The van der Waals surface area contributed by atoms with Crippen molar-refractivity contribution in [2.45, 2.75) is 6.92 Å². The van der Waals surface area contributed by atoms with Gasteiger partial charge in [-0.3, -0.25) is 0 Å². The van der Waals surface area contributed by atoms with Crippen LogP contribution in [0, 0.1) is 5.92 Å². The summed E-state index contributed by atoms with van der Waals surface area (Å²) in [4.78, 5) is 0. The van der Waals surface area contributed by atoms with Crippen LogP contribution in [0.5, 0.6) is 5.75 Å². The quantitative estimate of drug-likeness (QED) is 0.809. The van der Waals surface area contributed by atoms with Crippen LogP contribution in [-0.2, 0) is 0 Å². The lowest BCUT2D eigenvalue weighted by atomic mass is 9.99. The van der Waals surface area contributed by atoms with E-state index in [9.17, 15) is 0 Å². The number of para-hydroxylation sites is 1. The van der Waals surface area contributed by atoms with Gasteiger partial charge in [0.25, 0.3) is 0 Å². The Kier molecular flexibility index (Phi) is 3.28. The van der Waals surface area contributed by atoms with Gasteiger partial charge in [0, 0.05) is 11.5 Å². The summed E-state index contributed by atoms with van der Waals surface area (Å²) in [6, 6.07) is 7.83. The highest BCUT2D eigenvalue weighted by Crippen LogP contribution is 2.25. The third-order valence-corrected chi connectivity index (χ3v) is 2.99. The summed E-state index contributed by atoms with van der Waals surface area (Å²) < 4.78 is 5.34. The zero-order chi connectivity index (χ0) is 12.4. The maximum Gasteiger partial charge on any atom is 0.186 e. The predicted molar refractivity (Wildman–Crippen MR) is 72.2 cm³/mol. The van der Waals surface area contributed by atoms with E-state index < -0.39 is 0 Å². The van der Waals surface area contributed by atoms with E-state index in [1.165, 1.54) is 0 Å². The Morgan fingerprint density at radius 2 is 2.24 bits per heavy atom. The summed E-state index contributed by atoms with van der Waals surface area (Å²) in [6.45, 7) is 2.83. The lowest BCUT2D eigenvalue weighted by Gasteiger charge is -2.10. The first-order valence-corrected chi connectivity index (χ1v) is 5.83. The van der Waals surface area contributed by atoms with Gasteiger partial charge in [-0.25, -0.2) is 5.01 Å². The van der Waals surface area contributed by atoms with Crippen molar-refractivity contribution in [2.75, 3.05) is 13.7 Å². The molecule has 0 amide bonds. The molecule has 2 rings (SSSR count). The van der Waals surface area contributed by atoms with Gasteiger partial charge < -0.3 is 10.5 Å². The third-order valence-electron chi connectivity index (χ3n) is 2.78. The van der Waals surface area contributed by atoms with Crippen molar-refractivity contribution >= 4 is 23.0 Å². The van der Waals surface area contributed by atoms with Gasteiger partial charge in [0.15, 0.2) is 5.11 Å². The fraction of sp³-hybridized carbons (Fsp3) is 0.333. The van der Waals surface area contributed by atoms with Crippen LogP contribution in [0.25, 0.3) is 0 Å². The van der Waals surface area contributed by atoms with Crippen molar-refractivity contribution in [3.63, 3.8) is 0 Å². The molecule has 1 aliphatic rings. The molecular weight excluding hydrogens is 234 g/mol. The lowest BCUT2D eigenvalue weighted by molar-refractivity contribution is 0.413. The van der Waals surface area contributed by atoms with Gasteiger partial charge in [-0.1, -0.05) is 19.1 Å². The maximum absolute atomic E-state index is 5.59. The molecule has 0 aromatic heterocycles. The minimum Gasteiger partial charge on any atom is -0.496 e. The molecule has 0 saturated carbocycles. The van der Waals surface area contributed by atoms with Crippen molar-refractivity contribution in [1.82, 2.24) is 5.01 Å². The molecule has 2 N–H and O–H groups in total. The van der Waals surface area contributed by atoms with Crippen molar-refractivity contribution in [1.29, 1.82) is 0 Å². The highest BCUT2D eigenvalue weighted by atomic mass is 32.1. The maximum atomic E-state index is 5.59. The third kappa shape index (κ3) is 2.24. The molecule has 0 aliphatic carbocycles. The second kappa shape index (κ2) is 4.71. The van der Waals surface area contributed by atoms with Gasteiger partial charge in [-0.15, -0.1) is 0 Å². The Morgan fingerprint density at radius 1 is 1.53 bits per heavy atom. The topological polar surface area (TPSA) is 50.8 Å². The summed E-state index contributed by atoms with van der Waals surface area (Å²) in [5, 5.41) is 6.41. The van der Waals surface area contributed by atoms with E-state index >= 15 is 0 Å². The molecule has 1 aromatic carbocycles. The van der Waals surface area contributed by atoms with Crippen LogP contribution in [0.15, 0.2) is 29.4 Å². The summed E-state index contributed by atoms with van der Waals surface area (Å²) in [6.07, 6.45) is 0. The first kappa shape index (κ1) is 11.9. The number of hydrogen-bond donors (Lipinski definition) is 1. The van der Waals surface area contributed by atoms with Crippen LogP contribution < -0.4 is 10.5 Å². The number of hydrazone groups is 1. The summed E-state index contributed by atoms with van der Waals surface area (Å²) in [5.74, 6) is 1.11. The van der Waals surface area contributed by atoms with Gasteiger partial charge in [-0.2, -0.15) is 5.10 Å². The Hall–Kier alpha value is -1.62. The van der Waals surface area contributed by atoms with E-state index in [1.807, 2.05) is 24.3 Å². The van der Waals surface area contributed by atoms with Crippen LogP contribution in [0.3, 0.4) is 0 Å².